The quantitative estimate of drug-likeness (QED) is 0.739. The van der Waals surface area contributed by atoms with E-state index in [-0.39, 0.29) is 0 Å². The Labute approximate surface area is 106 Å². The fraction of sp³-hybridized carbons (Fsp3) is 0.0667. The smallest absolute Gasteiger partial charge is 0.138 e. The Hall–Kier alpha value is -2.42. The lowest BCUT2D eigenvalue weighted by atomic mass is 10.2. The van der Waals surface area contributed by atoms with E-state index >= 15 is 0 Å². The van der Waals surface area contributed by atoms with Gasteiger partial charge in [0.15, 0.2) is 0 Å². The molecule has 0 saturated carbocycles. The molecule has 2 heterocycles. The maximum absolute atomic E-state index is 4.65. The van der Waals surface area contributed by atoms with Gasteiger partial charge < -0.3 is 4.98 Å². The molecule has 0 aliphatic rings. The van der Waals surface area contributed by atoms with Gasteiger partial charge in [-0.05, 0) is 19.1 Å². The molecule has 18 heavy (non-hydrogen) atoms. The van der Waals surface area contributed by atoms with Crippen molar-refractivity contribution in [2.24, 2.45) is 0 Å². The van der Waals surface area contributed by atoms with E-state index in [4.69, 9.17) is 0 Å². The van der Waals surface area contributed by atoms with Crippen LogP contribution in [0.4, 0.5) is 0 Å². The highest BCUT2D eigenvalue weighted by Crippen LogP contribution is 2.24. The van der Waals surface area contributed by atoms with Crippen LogP contribution in [0.2, 0.25) is 0 Å². The third-order valence-electron chi connectivity index (χ3n) is 2.87. The van der Waals surface area contributed by atoms with Gasteiger partial charge >= 0.3 is 0 Å². The van der Waals surface area contributed by atoms with Gasteiger partial charge in [0.05, 0.1) is 5.69 Å². The van der Waals surface area contributed by atoms with E-state index in [9.17, 15) is 0 Å². The normalized spacial score (nSPS) is 10.5. The lowest BCUT2D eigenvalue weighted by Gasteiger charge is -1.96. The first-order valence-electron chi connectivity index (χ1n) is 5.87. The summed E-state index contributed by atoms with van der Waals surface area (Å²) in [7, 11) is 0. The Morgan fingerprint density at radius 2 is 1.72 bits per heavy atom. The van der Waals surface area contributed by atoms with Crippen LogP contribution in [0.3, 0.4) is 0 Å². The third kappa shape index (κ3) is 1.91. The van der Waals surface area contributed by atoms with E-state index in [2.05, 4.69) is 15.0 Å². The highest BCUT2D eigenvalue weighted by atomic mass is 14.9. The molecule has 0 amide bonds. The number of hydrogen-bond donors (Lipinski definition) is 1. The molecule has 0 aliphatic heterocycles. The van der Waals surface area contributed by atoms with E-state index in [1.165, 1.54) is 0 Å². The van der Waals surface area contributed by atoms with Crippen LogP contribution >= 0.6 is 0 Å². The summed E-state index contributed by atoms with van der Waals surface area (Å²) in [5.41, 5.74) is 4.15. The average Bonchev–Trinajstić information content (AvgIpc) is 2.83. The Balaban J connectivity index is 2.07. The minimum absolute atomic E-state index is 0.895. The standard InChI is InChI=1S/C15H13N3/c1-11-14(13-8-5-9-16-10-13)18-15(17-11)12-6-3-2-4-7-12/h2-10H,1H3,(H,17,18). The fourth-order valence-electron chi connectivity index (χ4n) is 1.98. The number of H-pyrrole nitrogens is 1. The molecule has 2 aromatic heterocycles. The molecule has 0 aliphatic carbocycles. The van der Waals surface area contributed by atoms with Crippen LogP contribution in [0.5, 0.6) is 0 Å². The number of nitrogens with zero attached hydrogens (tertiary/aromatic N) is 2. The van der Waals surface area contributed by atoms with E-state index in [0.29, 0.717) is 0 Å². The van der Waals surface area contributed by atoms with E-state index in [1.807, 2.05) is 55.6 Å². The van der Waals surface area contributed by atoms with Crippen LogP contribution < -0.4 is 0 Å². The fourth-order valence-corrected chi connectivity index (χ4v) is 1.98. The van der Waals surface area contributed by atoms with Gasteiger partial charge in [-0.2, -0.15) is 0 Å². The van der Waals surface area contributed by atoms with Crippen molar-refractivity contribution in [3.05, 3.63) is 60.6 Å². The summed E-state index contributed by atoms with van der Waals surface area (Å²) in [5.74, 6) is 0.895. The van der Waals surface area contributed by atoms with Gasteiger partial charge in [-0.15, -0.1) is 0 Å². The Morgan fingerprint density at radius 3 is 2.44 bits per heavy atom. The number of benzene rings is 1. The largest absolute Gasteiger partial charge is 0.342 e. The number of aryl methyl sites for hydroxylation is 1. The SMILES string of the molecule is Cc1[nH]c(-c2ccccc2)nc1-c1cccnc1. The minimum Gasteiger partial charge on any atom is -0.342 e. The van der Waals surface area contributed by atoms with E-state index in [1.54, 1.807) is 6.20 Å². The monoisotopic (exact) mass is 235 g/mol. The van der Waals surface area contributed by atoms with Gasteiger partial charge in [-0.25, -0.2) is 4.98 Å². The van der Waals surface area contributed by atoms with Gasteiger partial charge in [0.25, 0.3) is 0 Å². The highest BCUT2D eigenvalue weighted by Gasteiger charge is 2.09. The van der Waals surface area contributed by atoms with Gasteiger partial charge in [-0.3, -0.25) is 4.98 Å². The summed E-state index contributed by atoms with van der Waals surface area (Å²) < 4.78 is 0. The van der Waals surface area contributed by atoms with Crippen LogP contribution in [0.1, 0.15) is 5.69 Å². The molecule has 0 unspecified atom stereocenters. The van der Waals surface area contributed by atoms with E-state index < -0.39 is 0 Å². The molecule has 0 saturated heterocycles. The van der Waals surface area contributed by atoms with Crippen LogP contribution in [0.25, 0.3) is 22.6 Å². The number of imidazole rings is 1. The van der Waals surface area contributed by atoms with Gasteiger partial charge in [0, 0.05) is 29.2 Å². The first kappa shape index (κ1) is 10.7. The third-order valence-corrected chi connectivity index (χ3v) is 2.87. The predicted octanol–water partition coefficient (Wildman–Crippen LogP) is 3.45. The highest BCUT2D eigenvalue weighted by molar-refractivity contribution is 5.66. The molecule has 0 bridgehead atoms. The topological polar surface area (TPSA) is 41.6 Å². The summed E-state index contributed by atoms with van der Waals surface area (Å²) in [6.45, 7) is 2.03. The number of hydrogen-bond acceptors (Lipinski definition) is 2. The van der Waals surface area contributed by atoms with Crippen molar-refractivity contribution in [1.82, 2.24) is 15.0 Å². The van der Waals surface area contributed by atoms with Gasteiger partial charge in [0.1, 0.15) is 5.82 Å². The molecule has 0 radical (unpaired) electrons. The van der Waals surface area contributed by atoms with Crippen molar-refractivity contribution in [1.29, 1.82) is 0 Å². The second-order valence-corrected chi connectivity index (χ2v) is 4.17. The summed E-state index contributed by atoms with van der Waals surface area (Å²) in [6.07, 6.45) is 3.60. The van der Waals surface area contributed by atoms with Crippen LogP contribution in [-0.2, 0) is 0 Å². The zero-order valence-corrected chi connectivity index (χ0v) is 10.1. The van der Waals surface area contributed by atoms with Gasteiger partial charge in [0.2, 0.25) is 0 Å². The lowest BCUT2D eigenvalue weighted by molar-refractivity contribution is 1.25. The average molecular weight is 235 g/mol. The Morgan fingerprint density at radius 1 is 0.944 bits per heavy atom. The van der Waals surface area contributed by atoms with Crippen LogP contribution in [-0.4, -0.2) is 15.0 Å². The summed E-state index contributed by atoms with van der Waals surface area (Å²) in [6, 6.07) is 14.1. The Kier molecular flexibility index (Phi) is 2.65. The van der Waals surface area contributed by atoms with Crippen molar-refractivity contribution >= 4 is 0 Å². The maximum Gasteiger partial charge on any atom is 0.138 e. The van der Waals surface area contributed by atoms with Crippen molar-refractivity contribution in [2.45, 2.75) is 6.92 Å². The molecule has 0 spiro atoms. The summed E-state index contributed by atoms with van der Waals surface area (Å²) in [5, 5.41) is 0. The molecule has 88 valence electrons. The van der Waals surface area contributed by atoms with Crippen molar-refractivity contribution in [3.63, 3.8) is 0 Å². The number of aromatic amines is 1. The van der Waals surface area contributed by atoms with Crippen LogP contribution in [0.15, 0.2) is 54.9 Å². The number of nitrogens with one attached hydrogen (secondary N) is 1. The van der Waals surface area contributed by atoms with Crippen molar-refractivity contribution < 1.29 is 0 Å². The molecule has 3 aromatic rings. The van der Waals surface area contributed by atoms with E-state index in [0.717, 1.165) is 28.3 Å². The molecule has 3 nitrogen and oxygen atoms in total. The zero-order valence-electron chi connectivity index (χ0n) is 10.1. The summed E-state index contributed by atoms with van der Waals surface area (Å²) in [4.78, 5) is 12.1. The molecule has 1 N–H and O–H groups in total. The zero-order chi connectivity index (χ0) is 12.4. The van der Waals surface area contributed by atoms with Gasteiger partial charge in [-0.1, -0.05) is 30.3 Å². The van der Waals surface area contributed by atoms with Crippen molar-refractivity contribution in [3.8, 4) is 22.6 Å². The number of aromatic nitrogens is 3. The van der Waals surface area contributed by atoms with Crippen molar-refractivity contribution in [2.75, 3.05) is 0 Å². The molecule has 3 rings (SSSR count). The maximum atomic E-state index is 4.65. The second-order valence-electron chi connectivity index (χ2n) is 4.17. The number of pyridine rings is 1. The number of rotatable bonds is 2. The molecule has 1 aromatic carbocycles. The first-order chi connectivity index (χ1) is 8.84. The first-order valence-corrected chi connectivity index (χ1v) is 5.87. The predicted molar refractivity (Wildman–Crippen MR) is 72.0 cm³/mol. The molecular formula is C15H13N3. The molecule has 0 fully saturated rings. The molecule has 0 atom stereocenters. The van der Waals surface area contributed by atoms with Crippen LogP contribution in [0, 0.1) is 6.92 Å². The second kappa shape index (κ2) is 4.45. The lowest BCUT2D eigenvalue weighted by Crippen LogP contribution is -1.82. The minimum atomic E-state index is 0.895. The summed E-state index contributed by atoms with van der Waals surface area (Å²) >= 11 is 0. The Bertz CT molecular complexity index is 642. The molecular weight excluding hydrogens is 222 g/mol. The molecule has 3 heteroatoms.